The molecule has 0 bridgehead atoms. The van der Waals surface area contributed by atoms with E-state index in [2.05, 4.69) is 39.5 Å². The Morgan fingerprint density at radius 1 is 1.22 bits per heavy atom. The maximum Gasteiger partial charge on any atom is 0.0364 e. The maximum atomic E-state index is 6.29. The number of rotatable bonds is 6. The Labute approximate surface area is 114 Å². The van der Waals surface area contributed by atoms with Crippen molar-refractivity contribution in [1.29, 1.82) is 0 Å². The third kappa shape index (κ3) is 3.08. The number of hydrogen-bond acceptors (Lipinski definition) is 2. The van der Waals surface area contributed by atoms with Crippen LogP contribution < -0.4 is 5.73 Å². The van der Waals surface area contributed by atoms with E-state index < -0.39 is 0 Å². The van der Waals surface area contributed by atoms with Gasteiger partial charge < -0.3 is 5.73 Å². The predicted molar refractivity (Wildman–Crippen MR) is 80.7 cm³/mol. The summed E-state index contributed by atoms with van der Waals surface area (Å²) in [5, 5.41) is 0. The van der Waals surface area contributed by atoms with Crippen LogP contribution >= 0.6 is 0 Å². The van der Waals surface area contributed by atoms with Gasteiger partial charge >= 0.3 is 0 Å². The number of nitrogens with zero attached hydrogens (tertiary/aromatic N) is 1. The van der Waals surface area contributed by atoms with Gasteiger partial charge in [-0.15, -0.1) is 0 Å². The Balaban J connectivity index is 3.04. The van der Waals surface area contributed by atoms with E-state index in [1.165, 1.54) is 38.6 Å². The van der Waals surface area contributed by atoms with Crippen LogP contribution in [-0.2, 0) is 0 Å². The normalized spacial score (nSPS) is 29.5. The van der Waals surface area contributed by atoms with Crippen LogP contribution in [0, 0.1) is 11.8 Å². The van der Waals surface area contributed by atoms with Crippen molar-refractivity contribution in [2.75, 3.05) is 13.1 Å². The van der Waals surface area contributed by atoms with Gasteiger partial charge in [0.05, 0.1) is 0 Å². The van der Waals surface area contributed by atoms with E-state index in [9.17, 15) is 0 Å². The quantitative estimate of drug-likeness (QED) is 0.784. The van der Waals surface area contributed by atoms with Gasteiger partial charge in [-0.25, -0.2) is 0 Å². The second-order valence-electron chi connectivity index (χ2n) is 6.69. The van der Waals surface area contributed by atoms with Crippen molar-refractivity contribution in [3.63, 3.8) is 0 Å². The van der Waals surface area contributed by atoms with Gasteiger partial charge in [-0.05, 0) is 51.5 Å². The van der Waals surface area contributed by atoms with Crippen LogP contribution in [0.25, 0.3) is 0 Å². The summed E-state index contributed by atoms with van der Waals surface area (Å²) in [7, 11) is 0. The first kappa shape index (κ1) is 16.0. The Hall–Kier alpha value is -0.0800. The highest BCUT2D eigenvalue weighted by Crippen LogP contribution is 2.42. The minimum absolute atomic E-state index is 0.261. The summed E-state index contributed by atoms with van der Waals surface area (Å²) >= 11 is 0. The highest BCUT2D eigenvalue weighted by Gasteiger charge is 2.45. The lowest BCUT2D eigenvalue weighted by Gasteiger charge is -2.54. The largest absolute Gasteiger partial charge is 0.329 e. The van der Waals surface area contributed by atoms with Gasteiger partial charge in [0.2, 0.25) is 0 Å². The SMILES string of the molecule is CCCN(C(C)C)C1(CN)CCCCC1C(C)C. The molecule has 0 aromatic heterocycles. The molecule has 2 nitrogen and oxygen atoms in total. The van der Waals surface area contributed by atoms with Crippen molar-refractivity contribution in [1.82, 2.24) is 4.90 Å². The summed E-state index contributed by atoms with van der Waals surface area (Å²) in [5.41, 5.74) is 6.55. The summed E-state index contributed by atoms with van der Waals surface area (Å²) in [4.78, 5) is 2.72. The van der Waals surface area contributed by atoms with Crippen LogP contribution in [-0.4, -0.2) is 29.6 Å². The molecule has 1 saturated carbocycles. The van der Waals surface area contributed by atoms with Crippen LogP contribution in [0.4, 0.5) is 0 Å². The zero-order valence-electron chi connectivity index (χ0n) is 13.2. The standard InChI is InChI=1S/C16H34N2/c1-6-11-18(14(4)5)16(12-17)10-8-7-9-15(16)13(2)3/h13-15H,6-12,17H2,1-5H3. The lowest BCUT2D eigenvalue weighted by molar-refractivity contribution is -0.0328. The van der Waals surface area contributed by atoms with Crippen molar-refractivity contribution >= 4 is 0 Å². The molecule has 0 radical (unpaired) electrons. The summed E-state index contributed by atoms with van der Waals surface area (Å²) < 4.78 is 0. The Bertz CT molecular complexity index is 237. The summed E-state index contributed by atoms with van der Waals surface area (Å²) in [6, 6.07) is 0.604. The zero-order chi connectivity index (χ0) is 13.8. The molecule has 1 rings (SSSR count). The number of hydrogen-bond donors (Lipinski definition) is 1. The van der Waals surface area contributed by atoms with Crippen molar-refractivity contribution in [3.05, 3.63) is 0 Å². The van der Waals surface area contributed by atoms with Gasteiger partial charge in [-0.3, -0.25) is 4.90 Å². The van der Waals surface area contributed by atoms with Crippen LogP contribution in [0.5, 0.6) is 0 Å². The van der Waals surface area contributed by atoms with E-state index in [-0.39, 0.29) is 5.54 Å². The molecular formula is C16H34N2. The molecular weight excluding hydrogens is 220 g/mol. The van der Waals surface area contributed by atoms with Crippen LogP contribution in [0.15, 0.2) is 0 Å². The van der Waals surface area contributed by atoms with Crippen molar-refractivity contribution in [2.45, 2.75) is 78.3 Å². The predicted octanol–water partition coefficient (Wildman–Crippen LogP) is 3.65. The molecule has 0 heterocycles. The fraction of sp³-hybridized carbons (Fsp3) is 1.00. The lowest BCUT2D eigenvalue weighted by Crippen LogP contribution is -2.63. The highest BCUT2D eigenvalue weighted by molar-refractivity contribution is 5.01. The molecule has 1 fully saturated rings. The molecule has 0 amide bonds. The first-order valence-corrected chi connectivity index (χ1v) is 7.96. The first-order chi connectivity index (χ1) is 8.49. The Morgan fingerprint density at radius 2 is 1.89 bits per heavy atom. The fourth-order valence-corrected chi connectivity index (χ4v) is 4.17. The third-order valence-electron chi connectivity index (χ3n) is 4.88. The molecule has 1 aliphatic carbocycles. The summed E-state index contributed by atoms with van der Waals surface area (Å²) in [6.45, 7) is 13.7. The molecule has 18 heavy (non-hydrogen) atoms. The highest BCUT2D eigenvalue weighted by atomic mass is 15.2. The van der Waals surface area contributed by atoms with E-state index in [4.69, 9.17) is 5.73 Å². The zero-order valence-corrected chi connectivity index (χ0v) is 13.2. The molecule has 108 valence electrons. The van der Waals surface area contributed by atoms with E-state index in [0.29, 0.717) is 6.04 Å². The Kier molecular flexibility index (Phi) is 6.13. The molecule has 0 aliphatic heterocycles. The second-order valence-corrected chi connectivity index (χ2v) is 6.69. The van der Waals surface area contributed by atoms with Gasteiger partial charge in [0.15, 0.2) is 0 Å². The van der Waals surface area contributed by atoms with E-state index in [1.54, 1.807) is 0 Å². The minimum Gasteiger partial charge on any atom is -0.329 e. The smallest absolute Gasteiger partial charge is 0.0364 e. The number of nitrogens with two attached hydrogens (primary N) is 1. The molecule has 0 saturated heterocycles. The maximum absolute atomic E-state index is 6.29. The van der Waals surface area contributed by atoms with Gasteiger partial charge in [0.25, 0.3) is 0 Å². The first-order valence-electron chi connectivity index (χ1n) is 7.96. The van der Waals surface area contributed by atoms with E-state index in [0.717, 1.165) is 18.4 Å². The fourth-order valence-electron chi connectivity index (χ4n) is 4.17. The topological polar surface area (TPSA) is 29.3 Å². The lowest BCUT2D eigenvalue weighted by atomic mass is 9.66. The molecule has 0 aromatic rings. The molecule has 1 aliphatic rings. The van der Waals surface area contributed by atoms with Crippen LogP contribution in [0.2, 0.25) is 0 Å². The summed E-state index contributed by atoms with van der Waals surface area (Å²) in [6.07, 6.45) is 6.63. The molecule has 2 unspecified atom stereocenters. The monoisotopic (exact) mass is 254 g/mol. The Morgan fingerprint density at radius 3 is 2.33 bits per heavy atom. The molecule has 2 N–H and O–H groups in total. The molecule has 0 spiro atoms. The molecule has 0 aromatic carbocycles. The minimum atomic E-state index is 0.261. The average Bonchev–Trinajstić information content (AvgIpc) is 2.35. The van der Waals surface area contributed by atoms with Gasteiger partial charge in [0.1, 0.15) is 0 Å². The van der Waals surface area contributed by atoms with Gasteiger partial charge in [0, 0.05) is 18.1 Å². The van der Waals surface area contributed by atoms with Gasteiger partial charge in [-0.2, -0.15) is 0 Å². The van der Waals surface area contributed by atoms with Crippen molar-refractivity contribution < 1.29 is 0 Å². The van der Waals surface area contributed by atoms with Gasteiger partial charge in [-0.1, -0.05) is 33.6 Å². The second kappa shape index (κ2) is 6.91. The third-order valence-corrected chi connectivity index (χ3v) is 4.88. The molecule has 2 heteroatoms. The van der Waals surface area contributed by atoms with Crippen molar-refractivity contribution in [2.24, 2.45) is 17.6 Å². The average molecular weight is 254 g/mol. The van der Waals surface area contributed by atoms with E-state index >= 15 is 0 Å². The van der Waals surface area contributed by atoms with Crippen molar-refractivity contribution in [3.8, 4) is 0 Å². The summed E-state index contributed by atoms with van der Waals surface area (Å²) in [5.74, 6) is 1.51. The van der Waals surface area contributed by atoms with Crippen LogP contribution in [0.3, 0.4) is 0 Å². The van der Waals surface area contributed by atoms with Crippen LogP contribution in [0.1, 0.15) is 66.7 Å². The van der Waals surface area contributed by atoms with E-state index in [1.807, 2.05) is 0 Å². The molecule has 2 atom stereocenters.